The molecule has 2 heterocycles. The summed E-state index contributed by atoms with van der Waals surface area (Å²) in [6.07, 6.45) is 3.70. The number of hydrogen-bond donors (Lipinski definition) is 2. The molecule has 1 aromatic carbocycles. The van der Waals surface area contributed by atoms with Gasteiger partial charge >= 0.3 is 6.03 Å². The Bertz CT molecular complexity index is 823. The zero-order valence-electron chi connectivity index (χ0n) is 13.3. The van der Waals surface area contributed by atoms with Crippen molar-refractivity contribution in [2.75, 3.05) is 5.32 Å². The molecule has 6 nitrogen and oxygen atoms in total. The number of urea groups is 1. The zero-order chi connectivity index (χ0) is 16.4. The quantitative estimate of drug-likeness (QED) is 0.769. The third-order valence-corrected chi connectivity index (χ3v) is 4.47. The van der Waals surface area contributed by atoms with Crippen LogP contribution in [0.3, 0.4) is 0 Å². The van der Waals surface area contributed by atoms with Crippen LogP contribution in [0.2, 0.25) is 0 Å². The van der Waals surface area contributed by atoms with Gasteiger partial charge in [0.05, 0.1) is 16.9 Å². The zero-order valence-corrected chi connectivity index (χ0v) is 14.1. The molecule has 1 unspecified atom stereocenters. The van der Waals surface area contributed by atoms with Crippen LogP contribution in [0.4, 0.5) is 10.6 Å². The van der Waals surface area contributed by atoms with E-state index in [2.05, 4.69) is 34.0 Å². The third kappa shape index (κ3) is 3.34. The molecule has 0 radical (unpaired) electrons. The van der Waals surface area contributed by atoms with Crippen LogP contribution in [0.15, 0.2) is 36.7 Å². The first-order valence-electron chi connectivity index (χ1n) is 7.45. The molecule has 3 aromatic rings. The molecule has 120 valence electrons. The lowest BCUT2D eigenvalue weighted by molar-refractivity contribution is 0.244. The standard InChI is InChI=1S/C16H19N5OS/c1-10(2)14(11-8-17-21(3)9-11)18-16(22)19-15-12-6-4-5-7-13(12)23-20-15/h4-10,14H,1-3H3,(H2,18,19,20,22). The molecule has 2 aromatic heterocycles. The largest absolute Gasteiger partial charge is 0.331 e. The van der Waals surface area contributed by atoms with Gasteiger partial charge in [0.2, 0.25) is 0 Å². The first-order chi connectivity index (χ1) is 11.0. The highest BCUT2D eigenvalue weighted by Gasteiger charge is 2.20. The van der Waals surface area contributed by atoms with E-state index in [1.165, 1.54) is 11.5 Å². The predicted molar refractivity (Wildman–Crippen MR) is 92.6 cm³/mol. The van der Waals surface area contributed by atoms with E-state index in [9.17, 15) is 4.79 Å². The molecular weight excluding hydrogens is 310 g/mol. The Morgan fingerprint density at radius 2 is 2.09 bits per heavy atom. The summed E-state index contributed by atoms with van der Waals surface area (Å²) in [6, 6.07) is 7.48. The lowest BCUT2D eigenvalue weighted by atomic mass is 9.99. The van der Waals surface area contributed by atoms with E-state index in [1.54, 1.807) is 10.9 Å². The van der Waals surface area contributed by atoms with Crippen LogP contribution in [0.5, 0.6) is 0 Å². The topological polar surface area (TPSA) is 71.8 Å². The molecule has 0 fully saturated rings. The molecule has 23 heavy (non-hydrogen) atoms. The second kappa shape index (κ2) is 6.37. The van der Waals surface area contributed by atoms with Gasteiger partial charge in [-0.3, -0.25) is 10.00 Å². The number of carbonyl (C=O) groups excluding carboxylic acids is 1. The molecule has 2 N–H and O–H groups in total. The lowest BCUT2D eigenvalue weighted by Gasteiger charge is -2.21. The van der Waals surface area contributed by atoms with Crippen molar-refractivity contribution < 1.29 is 4.79 Å². The summed E-state index contributed by atoms with van der Waals surface area (Å²) in [5.74, 6) is 0.842. The summed E-state index contributed by atoms with van der Waals surface area (Å²) < 4.78 is 7.10. The minimum absolute atomic E-state index is 0.103. The van der Waals surface area contributed by atoms with Gasteiger partial charge in [-0.15, -0.1) is 0 Å². The van der Waals surface area contributed by atoms with Crippen molar-refractivity contribution in [3.63, 3.8) is 0 Å². The van der Waals surface area contributed by atoms with Gasteiger partial charge in [-0.1, -0.05) is 26.0 Å². The van der Waals surface area contributed by atoms with Crippen molar-refractivity contribution in [2.45, 2.75) is 19.9 Å². The Kier molecular flexibility index (Phi) is 4.29. The van der Waals surface area contributed by atoms with E-state index < -0.39 is 0 Å². The average molecular weight is 329 g/mol. The maximum Gasteiger partial charge on any atom is 0.320 e. The van der Waals surface area contributed by atoms with E-state index >= 15 is 0 Å². The maximum absolute atomic E-state index is 12.4. The molecule has 0 bridgehead atoms. The third-order valence-electron chi connectivity index (χ3n) is 3.65. The van der Waals surface area contributed by atoms with Crippen LogP contribution in [-0.4, -0.2) is 20.2 Å². The molecule has 1 atom stereocenters. The summed E-state index contributed by atoms with van der Waals surface area (Å²) in [7, 11) is 1.86. The number of amides is 2. The molecule has 0 aliphatic heterocycles. The van der Waals surface area contributed by atoms with Gasteiger partial charge in [0, 0.05) is 24.2 Å². The fraction of sp³-hybridized carbons (Fsp3) is 0.312. The first-order valence-corrected chi connectivity index (χ1v) is 8.22. The van der Waals surface area contributed by atoms with Gasteiger partial charge in [0.15, 0.2) is 5.82 Å². The van der Waals surface area contributed by atoms with Crippen molar-refractivity contribution in [3.05, 3.63) is 42.2 Å². The van der Waals surface area contributed by atoms with Crippen molar-refractivity contribution in [1.82, 2.24) is 19.5 Å². The number of hydrogen-bond acceptors (Lipinski definition) is 4. The van der Waals surface area contributed by atoms with E-state index in [4.69, 9.17) is 0 Å². The van der Waals surface area contributed by atoms with E-state index in [-0.39, 0.29) is 18.0 Å². The molecular formula is C16H19N5OS. The van der Waals surface area contributed by atoms with Crippen molar-refractivity contribution in [1.29, 1.82) is 0 Å². The molecule has 0 saturated heterocycles. The van der Waals surface area contributed by atoms with Gasteiger partial charge in [0.1, 0.15) is 0 Å². The van der Waals surface area contributed by atoms with Crippen molar-refractivity contribution in [2.24, 2.45) is 13.0 Å². The van der Waals surface area contributed by atoms with Crippen LogP contribution < -0.4 is 10.6 Å². The highest BCUT2D eigenvalue weighted by Crippen LogP contribution is 2.26. The highest BCUT2D eigenvalue weighted by molar-refractivity contribution is 7.13. The maximum atomic E-state index is 12.4. The van der Waals surface area contributed by atoms with Crippen LogP contribution in [0, 0.1) is 5.92 Å². The molecule has 2 amide bonds. The molecule has 7 heteroatoms. The fourth-order valence-electron chi connectivity index (χ4n) is 2.50. The SMILES string of the molecule is CC(C)C(NC(=O)Nc1nsc2ccccc12)c1cnn(C)c1. The Morgan fingerprint density at radius 3 is 2.78 bits per heavy atom. The van der Waals surface area contributed by atoms with Gasteiger partial charge in [-0.2, -0.15) is 9.47 Å². The van der Waals surface area contributed by atoms with Crippen molar-refractivity contribution in [3.8, 4) is 0 Å². The van der Waals surface area contributed by atoms with Crippen LogP contribution >= 0.6 is 11.5 Å². The molecule has 0 aliphatic rings. The number of nitrogens with one attached hydrogen (secondary N) is 2. The number of aryl methyl sites for hydroxylation is 1. The van der Waals surface area contributed by atoms with E-state index in [1.807, 2.05) is 37.5 Å². The summed E-state index contributed by atoms with van der Waals surface area (Å²) in [4.78, 5) is 12.4. The Balaban J connectivity index is 1.75. The Labute approximate surface area is 138 Å². The van der Waals surface area contributed by atoms with E-state index in [0.717, 1.165) is 15.6 Å². The van der Waals surface area contributed by atoms with Gasteiger partial charge in [0.25, 0.3) is 0 Å². The smallest absolute Gasteiger partial charge is 0.320 e. The summed E-state index contributed by atoms with van der Waals surface area (Å²) >= 11 is 1.37. The second-order valence-electron chi connectivity index (χ2n) is 5.79. The Hall–Kier alpha value is -2.41. The predicted octanol–water partition coefficient (Wildman–Crippen LogP) is 3.55. The molecule has 3 rings (SSSR count). The van der Waals surface area contributed by atoms with Crippen molar-refractivity contribution >= 4 is 33.5 Å². The number of nitrogens with zero attached hydrogens (tertiary/aromatic N) is 3. The summed E-state index contributed by atoms with van der Waals surface area (Å²) in [5.41, 5.74) is 0.987. The lowest BCUT2D eigenvalue weighted by Crippen LogP contribution is -2.35. The fourth-order valence-corrected chi connectivity index (χ4v) is 3.23. The average Bonchev–Trinajstić information content (AvgIpc) is 3.12. The number of aromatic nitrogens is 3. The number of rotatable bonds is 4. The molecule has 0 aliphatic carbocycles. The number of carbonyl (C=O) groups is 1. The highest BCUT2D eigenvalue weighted by atomic mass is 32.1. The van der Waals surface area contributed by atoms with Gasteiger partial charge < -0.3 is 5.32 Å². The normalized spacial score (nSPS) is 12.5. The number of anilines is 1. The van der Waals surface area contributed by atoms with Crippen LogP contribution in [-0.2, 0) is 7.05 Å². The van der Waals surface area contributed by atoms with Crippen LogP contribution in [0.1, 0.15) is 25.5 Å². The second-order valence-corrected chi connectivity index (χ2v) is 6.60. The summed E-state index contributed by atoms with van der Waals surface area (Å²) in [5, 5.41) is 11.0. The monoisotopic (exact) mass is 329 g/mol. The number of fused-ring (bicyclic) bond motifs is 1. The minimum Gasteiger partial charge on any atom is -0.331 e. The Morgan fingerprint density at radius 1 is 1.30 bits per heavy atom. The minimum atomic E-state index is -0.261. The van der Waals surface area contributed by atoms with E-state index in [0.29, 0.717) is 5.82 Å². The van der Waals surface area contributed by atoms with Gasteiger partial charge in [-0.25, -0.2) is 4.79 Å². The van der Waals surface area contributed by atoms with Crippen LogP contribution in [0.25, 0.3) is 10.1 Å². The molecule has 0 saturated carbocycles. The number of benzene rings is 1. The first kappa shape index (κ1) is 15.5. The van der Waals surface area contributed by atoms with Gasteiger partial charge in [-0.05, 0) is 29.6 Å². The molecule has 0 spiro atoms. The summed E-state index contributed by atoms with van der Waals surface area (Å²) in [6.45, 7) is 4.13.